The van der Waals surface area contributed by atoms with Crippen molar-refractivity contribution in [3.05, 3.63) is 57.2 Å². The first-order chi connectivity index (χ1) is 13.6. The second-order valence-corrected chi connectivity index (χ2v) is 6.09. The quantitative estimate of drug-likeness (QED) is 0.812. The number of alkyl halides is 3. The van der Waals surface area contributed by atoms with E-state index in [-0.39, 0.29) is 48.2 Å². The standard InChI is InChI=1S/C18H16F3N3O5/c1-10-13-14(23(2)17(27)24(16(13)26)7-4-8-25)22-15(10)28-11-5-3-6-12(9-11)29-18(19,20)21/h3,5-6,9,25H,1,4,7-8H2,2H3. The highest BCUT2D eigenvalue weighted by atomic mass is 19.4. The summed E-state index contributed by atoms with van der Waals surface area (Å²) >= 11 is 0. The molecule has 0 spiro atoms. The van der Waals surface area contributed by atoms with Crippen LogP contribution in [-0.2, 0) is 13.6 Å². The third kappa shape index (κ3) is 4.09. The van der Waals surface area contributed by atoms with E-state index in [2.05, 4.69) is 16.3 Å². The van der Waals surface area contributed by atoms with Gasteiger partial charge >= 0.3 is 12.1 Å². The summed E-state index contributed by atoms with van der Waals surface area (Å²) in [5, 5.41) is 8.96. The van der Waals surface area contributed by atoms with E-state index in [9.17, 15) is 22.8 Å². The van der Waals surface area contributed by atoms with Crippen molar-refractivity contribution in [3.63, 3.8) is 0 Å². The molecule has 0 saturated heterocycles. The number of aliphatic hydroxyl groups is 1. The van der Waals surface area contributed by atoms with Crippen LogP contribution in [0.25, 0.3) is 5.57 Å². The van der Waals surface area contributed by atoms with Crippen molar-refractivity contribution < 1.29 is 27.8 Å². The first-order valence-corrected chi connectivity index (χ1v) is 8.39. The topological polar surface area (TPSA) is 95.1 Å². The molecule has 0 radical (unpaired) electrons. The molecule has 1 aliphatic heterocycles. The molecule has 1 aromatic carbocycles. The third-order valence-corrected chi connectivity index (χ3v) is 4.08. The van der Waals surface area contributed by atoms with Crippen LogP contribution in [0.15, 0.2) is 45.4 Å². The Bertz CT molecular complexity index is 1120. The molecule has 0 amide bonds. The minimum Gasteiger partial charge on any atom is -0.438 e. The summed E-state index contributed by atoms with van der Waals surface area (Å²) in [6.07, 6.45) is -4.65. The molecule has 0 atom stereocenters. The summed E-state index contributed by atoms with van der Waals surface area (Å²) in [4.78, 5) is 29.2. The van der Waals surface area contributed by atoms with Crippen LogP contribution < -0.4 is 20.7 Å². The summed E-state index contributed by atoms with van der Waals surface area (Å²) in [6, 6.07) is 4.77. The predicted octanol–water partition coefficient (Wildman–Crippen LogP) is 1.96. The maximum atomic E-state index is 12.7. The van der Waals surface area contributed by atoms with Gasteiger partial charge in [0.2, 0.25) is 5.90 Å². The number of nitrogens with zero attached hydrogens (tertiary/aromatic N) is 3. The van der Waals surface area contributed by atoms with Crippen LogP contribution in [0, 0.1) is 0 Å². The number of hydrogen-bond acceptors (Lipinski definition) is 6. The van der Waals surface area contributed by atoms with Gasteiger partial charge in [-0.2, -0.15) is 4.99 Å². The van der Waals surface area contributed by atoms with Crippen LogP contribution in [0.2, 0.25) is 0 Å². The molecule has 1 aromatic heterocycles. The van der Waals surface area contributed by atoms with Gasteiger partial charge in [-0.15, -0.1) is 13.2 Å². The molecule has 3 rings (SSSR count). The summed E-state index contributed by atoms with van der Waals surface area (Å²) in [6.45, 7) is 3.57. The van der Waals surface area contributed by atoms with E-state index in [0.29, 0.717) is 0 Å². The van der Waals surface area contributed by atoms with Crippen molar-refractivity contribution in [1.29, 1.82) is 0 Å². The average Bonchev–Trinajstić information content (AvgIpc) is 2.95. The second-order valence-electron chi connectivity index (χ2n) is 6.09. The number of benzene rings is 1. The van der Waals surface area contributed by atoms with E-state index < -0.39 is 23.4 Å². The number of rotatable bonds is 5. The molecular formula is C18H16F3N3O5. The Morgan fingerprint density at radius 3 is 2.59 bits per heavy atom. The Morgan fingerprint density at radius 2 is 1.93 bits per heavy atom. The van der Waals surface area contributed by atoms with Gasteiger partial charge in [-0.3, -0.25) is 13.9 Å². The molecule has 0 saturated carbocycles. The first-order valence-electron chi connectivity index (χ1n) is 8.39. The maximum Gasteiger partial charge on any atom is 0.573 e. The van der Waals surface area contributed by atoms with Gasteiger partial charge in [0.05, 0.1) is 5.56 Å². The van der Waals surface area contributed by atoms with Crippen LogP contribution >= 0.6 is 0 Å². The fraction of sp³-hybridized carbons (Fsp3) is 0.278. The lowest BCUT2D eigenvalue weighted by Gasteiger charge is -2.11. The lowest BCUT2D eigenvalue weighted by molar-refractivity contribution is -0.274. The van der Waals surface area contributed by atoms with Crippen molar-refractivity contribution in [2.45, 2.75) is 19.3 Å². The maximum absolute atomic E-state index is 12.7. The fourth-order valence-electron chi connectivity index (χ4n) is 2.78. The van der Waals surface area contributed by atoms with E-state index in [1.807, 2.05) is 0 Å². The lowest BCUT2D eigenvalue weighted by atomic mass is 10.1. The van der Waals surface area contributed by atoms with Gasteiger partial charge in [-0.1, -0.05) is 12.6 Å². The van der Waals surface area contributed by atoms with Gasteiger partial charge in [0, 0.05) is 31.8 Å². The summed E-state index contributed by atoms with van der Waals surface area (Å²) in [5.41, 5.74) is -1.14. The molecule has 2 heterocycles. The number of hydrogen-bond donors (Lipinski definition) is 1. The molecule has 1 N–H and O–H groups in total. The van der Waals surface area contributed by atoms with Crippen molar-refractivity contribution in [3.8, 4) is 11.5 Å². The SMILES string of the molecule is C=C1C(Oc2cccc(OC(F)(F)F)c2)=Nc2c1c(=O)n(CCCO)c(=O)n2C. The Labute approximate surface area is 161 Å². The van der Waals surface area contributed by atoms with E-state index in [0.717, 1.165) is 21.3 Å². The number of halogens is 3. The number of aliphatic imine (C=N–C) groups is 1. The molecule has 0 unspecified atom stereocenters. The van der Waals surface area contributed by atoms with Crippen LogP contribution in [0.3, 0.4) is 0 Å². The Hall–Kier alpha value is -3.34. The molecule has 8 nitrogen and oxygen atoms in total. The van der Waals surface area contributed by atoms with Crippen molar-refractivity contribution in [2.24, 2.45) is 12.0 Å². The van der Waals surface area contributed by atoms with E-state index in [4.69, 9.17) is 9.84 Å². The minimum atomic E-state index is -4.86. The average molecular weight is 411 g/mol. The van der Waals surface area contributed by atoms with Gasteiger partial charge in [0.25, 0.3) is 5.56 Å². The highest BCUT2D eigenvalue weighted by Crippen LogP contribution is 2.32. The van der Waals surface area contributed by atoms with Crippen molar-refractivity contribution in [1.82, 2.24) is 9.13 Å². The predicted molar refractivity (Wildman–Crippen MR) is 97.5 cm³/mol. The molecule has 0 bridgehead atoms. The monoisotopic (exact) mass is 411 g/mol. The van der Waals surface area contributed by atoms with Gasteiger partial charge in [0.1, 0.15) is 11.5 Å². The summed E-state index contributed by atoms with van der Waals surface area (Å²) < 4.78 is 48.6. The Morgan fingerprint density at radius 1 is 1.24 bits per heavy atom. The number of fused-ring (bicyclic) bond motifs is 1. The molecule has 154 valence electrons. The normalized spacial score (nSPS) is 13.3. The van der Waals surface area contributed by atoms with Crippen molar-refractivity contribution in [2.75, 3.05) is 6.61 Å². The van der Waals surface area contributed by atoms with Gasteiger partial charge in [-0.05, 0) is 18.6 Å². The molecule has 0 fully saturated rings. The zero-order valence-electron chi connectivity index (χ0n) is 15.2. The van der Waals surface area contributed by atoms with Gasteiger partial charge < -0.3 is 14.6 Å². The minimum absolute atomic E-state index is 0.00951. The Balaban J connectivity index is 1.94. The van der Waals surface area contributed by atoms with E-state index in [1.165, 1.54) is 19.2 Å². The highest BCUT2D eigenvalue weighted by molar-refractivity contribution is 6.24. The molecule has 2 aromatic rings. The fourth-order valence-corrected chi connectivity index (χ4v) is 2.78. The van der Waals surface area contributed by atoms with Gasteiger partial charge in [-0.25, -0.2) is 4.79 Å². The molecule has 29 heavy (non-hydrogen) atoms. The zero-order chi connectivity index (χ0) is 21.3. The third-order valence-electron chi connectivity index (χ3n) is 4.08. The van der Waals surface area contributed by atoms with Crippen LogP contribution in [0.1, 0.15) is 12.0 Å². The van der Waals surface area contributed by atoms with Crippen LogP contribution in [0.4, 0.5) is 19.0 Å². The lowest BCUT2D eigenvalue weighted by Crippen LogP contribution is -2.40. The van der Waals surface area contributed by atoms with Gasteiger partial charge in [0.15, 0.2) is 5.82 Å². The molecular weight excluding hydrogens is 395 g/mol. The number of aromatic nitrogens is 2. The number of ether oxygens (including phenoxy) is 2. The first kappa shape index (κ1) is 20.4. The Kier molecular flexibility index (Phi) is 5.33. The van der Waals surface area contributed by atoms with E-state index in [1.54, 1.807) is 0 Å². The highest BCUT2D eigenvalue weighted by Gasteiger charge is 2.32. The smallest absolute Gasteiger partial charge is 0.438 e. The van der Waals surface area contributed by atoms with E-state index >= 15 is 0 Å². The van der Waals surface area contributed by atoms with Crippen LogP contribution in [-0.4, -0.2) is 33.1 Å². The summed E-state index contributed by atoms with van der Waals surface area (Å²) in [5.74, 6) is -0.611. The zero-order valence-corrected chi connectivity index (χ0v) is 15.2. The van der Waals surface area contributed by atoms with Crippen molar-refractivity contribution >= 4 is 17.3 Å². The van der Waals surface area contributed by atoms with Crippen LogP contribution in [0.5, 0.6) is 11.5 Å². The molecule has 1 aliphatic rings. The number of aliphatic hydroxyl groups excluding tert-OH is 1. The summed E-state index contributed by atoms with van der Waals surface area (Å²) in [7, 11) is 1.41. The molecule has 0 aliphatic carbocycles. The molecule has 11 heteroatoms. The second kappa shape index (κ2) is 7.59. The largest absolute Gasteiger partial charge is 0.573 e.